The van der Waals surface area contributed by atoms with Crippen molar-refractivity contribution in [3.63, 3.8) is 0 Å². The molecule has 2 aromatic rings. The third-order valence-electron chi connectivity index (χ3n) is 3.68. The summed E-state index contributed by atoms with van der Waals surface area (Å²) in [6, 6.07) is 12.9. The molecule has 0 atom stereocenters. The summed E-state index contributed by atoms with van der Waals surface area (Å²) in [5.74, 6) is 0.648. The normalized spacial score (nSPS) is 10.2. The number of ether oxygens (including phenoxy) is 3. The number of rotatable bonds is 9. The summed E-state index contributed by atoms with van der Waals surface area (Å²) in [4.78, 5) is 25.1. The Kier molecular flexibility index (Phi) is 8.00. The average molecular weight is 389 g/mol. The highest BCUT2D eigenvalue weighted by atomic mass is 32.2. The van der Waals surface area contributed by atoms with Crippen LogP contribution in [0.2, 0.25) is 0 Å². The smallest absolute Gasteiger partial charge is 0.342 e. The molecule has 0 spiro atoms. The van der Waals surface area contributed by atoms with E-state index in [9.17, 15) is 9.59 Å². The third-order valence-corrected chi connectivity index (χ3v) is 4.69. The van der Waals surface area contributed by atoms with Crippen LogP contribution in [0.3, 0.4) is 0 Å². The van der Waals surface area contributed by atoms with Crippen molar-refractivity contribution in [3.8, 4) is 11.5 Å². The second-order valence-electron chi connectivity index (χ2n) is 5.65. The van der Waals surface area contributed by atoms with Gasteiger partial charge in [-0.05, 0) is 31.2 Å². The van der Waals surface area contributed by atoms with E-state index >= 15 is 0 Å². The van der Waals surface area contributed by atoms with Crippen molar-refractivity contribution in [3.05, 3.63) is 53.6 Å². The average Bonchev–Trinajstić information content (AvgIpc) is 2.70. The molecule has 0 heterocycles. The van der Waals surface area contributed by atoms with Crippen LogP contribution in [0, 0.1) is 6.92 Å². The van der Waals surface area contributed by atoms with Crippen LogP contribution in [0.15, 0.2) is 47.4 Å². The number of thioether (sulfide) groups is 1. The molecule has 0 unspecified atom stereocenters. The first kappa shape index (κ1) is 20.6. The molecule has 7 heteroatoms. The van der Waals surface area contributed by atoms with E-state index in [2.05, 4.69) is 5.32 Å². The van der Waals surface area contributed by atoms with Crippen molar-refractivity contribution in [1.82, 2.24) is 5.32 Å². The van der Waals surface area contributed by atoms with E-state index in [1.807, 2.05) is 31.2 Å². The van der Waals surface area contributed by atoms with Gasteiger partial charge in [0.05, 0.1) is 14.2 Å². The van der Waals surface area contributed by atoms with Crippen molar-refractivity contribution < 1.29 is 23.8 Å². The van der Waals surface area contributed by atoms with E-state index in [1.54, 1.807) is 23.9 Å². The quantitative estimate of drug-likeness (QED) is 0.404. The number of methoxy groups -OCH3 is 2. The first-order chi connectivity index (χ1) is 13.0. The Balaban J connectivity index is 1.73. The molecule has 1 amide bonds. The van der Waals surface area contributed by atoms with Crippen LogP contribution in [0.1, 0.15) is 15.9 Å². The summed E-state index contributed by atoms with van der Waals surface area (Å²) in [6.07, 6.45) is 0. The lowest BCUT2D eigenvalue weighted by molar-refractivity contribution is -0.124. The predicted octanol–water partition coefficient (Wildman–Crippen LogP) is 3.08. The summed E-state index contributed by atoms with van der Waals surface area (Å²) in [5.41, 5.74) is 1.45. The van der Waals surface area contributed by atoms with Crippen LogP contribution < -0.4 is 14.8 Å². The van der Waals surface area contributed by atoms with E-state index in [0.717, 1.165) is 10.6 Å². The molecule has 0 aromatic heterocycles. The van der Waals surface area contributed by atoms with Gasteiger partial charge in [0.1, 0.15) is 17.1 Å². The number of benzene rings is 2. The van der Waals surface area contributed by atoms with Crippen molar-refractivity contribution in [1.29, 1.82) is 0 Å². The Morgan fingerprint density at radius 1 is 1.04 bits per heavy atom. The molecular formula is C20H23NO5S. The molecule has 27 heavy (non-hydrogen) atoms. The van der Waals surface area contributed by atoms with Gasteiger partial charge in [0.2, 0.25) is 0 Å². The minimum atomic E-state index is -0.626. The van der Waals surface area contributed by atoms with E-state index in [-0.39, 0.29) is 18.1 Å². The fourth-order valence-electron chi connectivity index (χ4n) is 2.22. The Morgan fingerprint density at radius 2 is 1.78 bits per heavy atom. The van der Waals surface area contributed by atoms with Gasteiger partial charge in [0, 0.05) is 23.3 Å². The Hall–Kier alpha value is -2.67. The van der Waals surface area contributed by atoms with E-state index in [1.165, 1.54) is 25.8 Å². The number of nitrogens with one attached hydrogen (secondary N) is 1. The molecule has 0 aliphatic rings. The fraction of sp³-hybridized carbons (Fsp3) is 0.300. The summed E-state index contributed by atoms with van der Waals surface area (Å²) >= 11 is 1.65. The number of esters is 1. The second-order valence-corrected chi connectivity index (χ2v) is 6.82. The SMILES string of the molecule is COc1ccc(C(=O)OCC(=O)NCCSc2ccc(C)cc2)c(OC)c1. The zero-order valence-electron chi connectivity index (χ0n) is 15.6. The second kappa shape index (κ2) is 10.5. The van der Waals surface area contributed by atoms with Crippen LogP contribution in [0.5, 0.6) is 11.5 Å². The summed E-state index contributed by atoms with van der Waals surface area (Å²) in [5, 5.41) is 2.73. The van der Waals surface area contributed by atoms with Gasteiger partial charge in [-0.25, -0.2) is 4.79 Å². The van der Waals surface area contributed by atoms with Gasteiger partial charge in [-0.15, -0.1) is 11.8 Å². The zero-order chi connectivity index (χ0) is 19.6. The highest BCUT2D eigenvalue weighted by molar-refractivity contribution is 7.99. The molecule has 0 aliphatic carbocycles. The Morgan fingerprint density at radius 3 is 2.44 bits per heavy atom. The van der Waals surface area contributed by atoms with E-state index in [0.29, 0.717) is 18.0 Å². The lowest BCUT2D eigenvalue weighted by Crippen LogP contribution is -2.30. The fourth-order valence-corrected chi connectivity index (χ4v) is 2.99. The Bertz CT molecular complexity index is 776. The molecule has 0 aliphatic heterocycles. The van der Waals surface area contributed by atoms with Crippen LogP contribution in [0.25, 0.3) is 0 Å². The maximum absolute atomic E-state index is 12.1. The summed E-state index contributed by atoms with van der Waals surface area (Å²) < 4.78 is 15.3. The topological polar surface area (TPSA) is 73.9 Å². The highest BCUT2D eigenvalue weighted by Crippen LogP contribution is 2.25. The summed E-state index contributed by atoms with van der Waals surface area (Å²) in [7, 11) is 2.97. The Labute approximate surface area is 163 Å². The van der Waals surface area contributed by atoms with Crippen molar-refractivity contribution in [2.24, 2.45) is 0 Å². The molecule has 6 nitrogen and oxygen atoms in total. The van der Waals surface area contributed by atoms with Gasteiger partial charge in [0.25, 0.3) is 5.91 Å². The monoisotopic (exact) mass is 389 g/mol. The van der Waals surface area contributed by atoms with Crippen LogP contribution in [-0.4, -0.2) is 45.0 Å². The highest BCUT2D eigenvalue weighted by Gasteiger charge is 2.16. The summed E-state index contributed by atoms with van der Waals surface area (Å²) in [6.45, 7) is 2.18. The first-order valence-corrected chi connectivity index (χ1v) is 9.37. The number of hydrogen-bond acceptors (Lipinski definition) is 6. The standard InChI is InChI=1S/C20H23NO5S/c1-14-4-7-16(8-5-14)27-11-10-21-19(22)13-26-20(23)17-9-6-15(24-2)12-18(17)25-3/h4-9,12H,10-11,13H2,1-3H3,(H,21,22). The molecule has 1 N–H and O–H groups in total. The van der Waals surface area contributed by atoms with Gasteiger partial charge in [-0.3, -0.25) is 4.79 Å². The number of aryl methyl sites for hydroxylation is 1. The lowest BCUT2D eigenvalue weighted by atomic mass is 10.2. The molecule has 0 saturated carbocycles. The minimum absolute atomic E-state index is 0.237. The van der Waals surface area contributed by atoms with Gasteiger partial charge in [-0.2, -0.15) is 0 Å². The van der Waals surface area contributed by atoms with E-state index < -0.39 is 5.97 Å². The molecular weight excluding hydrogens is 366 g/mol. The molecule has 0 fully saturated rings. The molecule has 2 rings (SSSR count). The van der Waals surface area contributed by atoms with E-state index in [4.69, 9.17) is 14.2 Å². The predicted molar refractivity (Wildman–Crippen MR) is 105 cm³/mol. The molecule has 0 bridgehead atoms. The lowest BCUT2D eigenvalue weighted by Gasteiger charge is -2.10. The number of carbonyl (C=O) groups is 2. The maximum Gasteiger partial charge on any atom is 0.342 e. The van der Waals surface area contributed by atoms with Crippen molar-refractivity contribution in [2.75, 3.05) is 33.1 Å². The van der Waals surface area contributed by atoms with Gasteiger partial charge < -0.3 is 19.5 Å². The van der Waals surface area contributed by atoms with Crippen LogP contribution in [-0.2, 0) is 9.53 Å². The molecule has 2 aromatic carbocycles. The van der Waals surface area contributed by atoms with Gasteiger partial charge in [0.15, 0.2) is 6.61 Å². The molecule has 0 radical (unpaired) electrons. The van der Waals surface area contributed by atoms with Crippen LogP contribution >= 0.6 is 11.8 Å². The minimum Gasteiger partial charge on any atom is -0.497 e. The molecule has 144 valence electrons. The van der Waals surface area contributed by atoms with Gasteiger partial charge >= 0.3 is 5.97 Å². The third kappa shape index (κ3) is 6.53. The van der Waals surface area contributed by atoms with Gasteiger partial charge in [-0.1, -0.05) is 17.7 Å². The zero-order valence-corrected chi connectivity index (χ0v) is 16.4. The van der Waals surface area contributed by atoms with Crippen molar-refractivity contribution >= 4 is 23.6 Å². The largest absolute Gasteiger partial charge is 0.497 e. The number of carbonyl (C=O) groups excluding carboxylic acids is 2. The van der Waals surface area contributed by atoms with Crippen molar-refractivity contribution in [2.45, 2.75) is 11.8 Å². The number of amides is 1. The number of hydrogen-bond donors (Lipinski definition) is 1. The van der Waals surface area contributed by atoms with Crippen LogP contribution in [0.4, 0.5) is 0 Å². The first-order valence-electron chi connectivity index (χ1n) is 8.39. The maximum atomic E-state index is 12.1. The molecule has 0 saturated heterocycles.